The van der Waals surface area contributed by atoms with Gasteiger partial charge in [-0.25, -0.2) is 9.59 Å². The molecule has 0 radical (unpaired) electrons. The number of thiol groups is 1. The average molecular weight is 910 g/mol. The summed E-state index contributed by atoms with van der Waals surface area (Å²) >= 11 is 13.1. The number of unbranched alkanes of at least 4 members (excludes halogenated alkanes) is 1. The second-order valence-corrected chi connectivity index (χ2v) is 19.0. The van der Waals surface area contributed by atoms with Crippen molar-refractivity contribution < 1.29 is 42.8 Å². The number of esters is 2. The molecule has 0 aromatic carbocycles. The van der Waals surface area contributed by atoms with E-state index in [4.69, 9.17) is 24.8 Å². The van der Waals surface area contributed by atoms with Crippen LogP contribution < -0.4 is 0 Å². The third kappa shape index (κ3) is 90.4. The van der Waals surface area contributed by atoms with Gasteiger partial charge in [-0.05, 0) is 117 Å². The predicted molar refractivity (Wildman–Crippen MR) is 252 cm³/mol. The molecule has 0 aromatic rings. The first kappa shape index (κ1) is 65.5. The van der Waals surface area contributed by atoms with E-state index in [1.54, 1.807) is 29.8 Å². The van der Waals surface area contributed by atoms with Crippen LogP contribution >= 0.6 is 71.4 Å². The van der Waals surface area contributed by atoms with Crippen LogP contribution in [0.3, 0.4) is 0 Å². The molecule has 17 heteroatoms. The highest BCUT2D eigenvalue weighted by molar-refractivity contribution is 8.00. The monoisotopic (exact) mass is 908 g/mol. The molecule has 322 valence electrons. The van der Waals surface area contributed by atoms with E-state index in [0.29, 0.717) is 49.9 Å². The molecule has 0 spiro atoms. The van der Waals surface area contributed by atoms with Gasteiger partial charge in [0.25, 0.3) is 0 Å². The standard InChI is InChI=1S/C10H18O4S2.C10H18O2S2.C5H12S.2C4H10OS.C3H8OS/c1-3-10(11)14-6-4-8-16(13)9-5-7-15(2)12;1-3-10(11)12-6-4-8-14-9-5-7-13-2;1-3-4-5-6-2;2*1-6-4-2-3-5;4-2-1-3-5/h3H,1,4-9H2,2H3;3H,1,4-9H2,2H3;3-5H2,1-2H3;2*5H,2-4H2,1H3;4-5H,1-3H2. The lowest BCUT2D eigenvalue weighted by Crippen LogP contribution is -2.09. The molecule has 3 N–H and O–H groups in total. The molecule has 0 heterocycles. The number of aliphatic hydroxyl groups excluding tert-OH is 3. The summed E-state index contributed by atoms with van der Waals surface area (Å²) in [4.78, 5) is 21.3. The van der Waals surface area contributed by atoms with Gasteiger partial charge in [-0.15, -0.1) is 0 Å². The van der Waals surface area contributed by atoms with Crippen LogP contribution in [-0.2, 0) is 40.7 Å². The number of rotatable bonds is 29. The topological polar surface area (TPSA) is 147 Å². The van der Waals surface area contributed by atoms with Gasteiger partial charge in [-0.2, -0.15) is 71.4 Å². The highest BCUT2D eigenvalue weighted by Gasteiger charge is 2.02. The van der Waals surface area contributed by atoms with E-state index in [9.17, 15) is 18.0 Å². The van der Waals surface area contributed by atoms with Crippen LogP contribution in [0.2, 0.25) is 0 Å². The first-order chi connectivity index (χ1) is 25.5. The number of thioether (sulfide) groups is 5. The van der Waals surface area contributed by atoms with E-state index in [2.05, 4.69) is 45.2 Å². The molecule has 0 saturated carbocycles. The number of aliphatic hydroxyl groups is 3. The molecule has 9 nitrogen and oxygen atoms in total. The average Bonchev–Trinajstić information content (AvgIpc) is 3.16. The molecule has 0 amide bonds. The van der Waals surface area contributed by atoms with Crippen LogP contribution in [0.5, 0.6) is 0 Å². The molecule has 53 heavy (non-hydrogen) atoms. The summed E-state index contributed by atoms with van der Waals surface area (Å²) in [6.45, 7) is 10.5. The minimum Gasteiger partial charge on any atom is -0.463 e. The van der Waals surface area contributed by atoms with Gasteiger partial charge in [0.15, 0.2) is 0 Å². The lowest BCUT2D eigenvalue weighted by atomic mass is 10.4. The normalized spacial score (nSPS) is 10.7. The summed E-state index contributed by atoms with van der Waals surface area (Å²) in [6, 6.07) is 0. The molecule has 0 rings (SSSR count). The maximum Gasteiger partial charge on any atom is 0.330 e. The summed E-state index contributed by atoms with van der Waals surface area (Å²) < 4.78 is 31.7. The Balaban J connectivity index is -0.000000134. The van der Waals surface area contributed by atoms with Gasteiger partial charge in [0.1, 0.15) is 0 Å². The number of hydrogen-bond acceptors (Lipinski definition) is 15. The van der Waals surface area contributed by atoms with Crippen molar-refractivity contribution in [3.63, 3.8) is 0 Å². The molecule has 2 unspecified atom stereocenters. The van der Waals surface area contributed by atoms with E-state index in [1.807, 2.05) is 47.8 Å². The number of carbonyl (C=O) groups is 2. The predicted octanol–water partition coefficient (Wildman–Crippen LogP) is 7.13. The molecule has 0 aliphatic carbocycles. The summed E-state index contributed by atoms with van der Waals surface area (Å²) in [5.74, 6) is 8.69. The maximum absolute atomic E-state index is 11.4. The fraction of sp³-hybridized carbons (Fsp3) is 0.833. The zero-order valence-electron chi connectivity index (χ0n) is 33.6. The van der Waals surface area contributed by atoms with E-state index in [0.717, 1.165) is 54.8 Å². The third-order valence-corrected chi connectivity index (χ3v) is 11.9. The van der Waals surface area contributed by atoms with Gasteiger partial charge in [-0.3, -0.25) is 8.42 Å². The van der Waals surface area contributed by atoms with E-state index in [-0.39, 0.29) is 19.2 Å². The molecule has 2 atom stereocenters. The molecule has 0 aromatic heterocycles. The van der Waals surface area contributed by atoms with Crippen molar-refractivity contribution in [2.24, 2.45) is 0 Å². The Hall–Kier alpha value is 0.700. The fourth-order valence-electron chi connectivity index (χ4n) is 2.55. The highest BCUT2D eigenvalue weighted by Crippen LogP contribution is 2.07. The number of carbonyl (C=O) groups excluding carboxylic acids is 2. The first-order valence-corrected chi connectivity index (χ1v) is 28.3. The molecular formula is C36H76O9S8. The Kier molecular flexibility index (Phi) is 83.4. The van der Waals surface area contributed by atoms with Crippen molar-refractivity contribution in [1.82, 2.24) is 0 Å². The molecule has 0 fully saturated rings. The third-order valence-electron chi connectivity index (χ3n) is 5.24. The van der Waals surface area contributed by atoms with Crippen LogP contribution in [-0.4, -0.2) is 158 Å². The van der Waals surface area contributed by atoms with Crippen molar-refractivity contribution in [2.75, 3.05) is 122 Å². The first-order valence-electron chi connectivity index (χ1n) is 17.7. The second kappa shape index (κ2) is 67.4. The van der Waals surface area contributed by atoms with Crippen molar-refractivity contribution in [1.29, 1.82) is 0 Å². The Morgan fingerprint density at radius 2 is 1.04 bits per heavy atom. The maximum atomic E-state index is 11.4. The van der Waals surface area contributed by atoms with Crippen LogP contribution in [0, 0.1) is 0 Å². The van der Waals surface area contributed by atoms with E-state index >= 15 is 0 Å². The summed E-state index contributed by atoms with van der Waals surface area (Å²) in [5.41, 5.74) is 0. The van der Waals surface area contributed by atoms with Gasteiger partial charge >= 0.3 is 11.9 Å². The zero-order valence-corrected chi connectivity index (χ0v) is 40.2. The Morgan fingerprint density at radius 3 is 1.38 bits per heavy atom. The molecule has 0 aliphatic heterocycles. The van der Waals surface area contributed by atoms with E-state index in [1.165, 1.54) is 42.6 Å². The van der Waals surface area contributed by atoms with Gasteiger partial charge in [0.2, 0.25) is 0 Å². The number of hydrogen-bond donors (Lipinski definition) is 4. The molecule has 0 aliphatic rings. The lowest BCUT2D eigenvalue weighted by Gasteiger charge is -2.02. The largest absolute Gasteiger partial charge is 0.463 e. The summed E-state index contributed by atoms with van der Waals surface area (Å²) in [6.07, 6.45) is 21.2. The van der Waals surface area contributed by atoms with Crippen LogP contribution in [0.4, 0.5) is 0 Å². The Labute approximate surface area is 357 Å². The molecule has 0 bridgehead atoms. The SMILES string of the molecule is C=CC(=O)OCCCS(=O)CCCS(C)=O.C=CC(=O)OCCCSCCCSC.CCCCSC.CSCCCO.CSCCCO.OCCCS. The summed E-state index contributed by atoms with van der Waals surface area (Å²) in [7, 11) is -1.72. The number of ether oxygens (including phenoxy) is 2. The molecular weight excluding hydrogens is 833 g/mol. The van der Waals surface area contributed by atoms with Crippen molar-refractivity contribution >= 4 is 105 Å². The van der Waals surface area contributed by atoms with Gasteiger partial charge < -0.3 is 24.8 Å². The molecule has 0 saturated heterocycles. The summed E-state index contributed by atoms with van der Waals surface area (Å²) in [5, 5.41) is 24.4. The minimum absolute atomic E-state index is 0.267. The van der Waals surface area contributed by atoms with Crippen molar-refractivity contribution in [3.05, 3.63) is 25.3 Å². The van der Waals surface area contributed by atoms with Crippen molar-refractivity contribution in [2.45, 2.75) is 64.7 Å². The highest BCUT2D eigenvalue weighted by atomic mass is 32.2. The Morgan fingerprint density at radius 1 is 0.623 bits per heavy atom. The van der Waals surface area contributed by atoms with Crippen molar-refractivity contribution in [3.8, 4) is 0 Å². The second-order valence-electron chi connectivity index (χ2n) is 10.2. The van der Waals surface area contributed by atoms with Crippen LogP contribution in [0.15, 0.2) is 25.3 Å². The lowest BCUT2D eigenvalue weighted by molar-refractivity contribution is -0.138. The van der Waals surface area contributed by atoms with E-state index < -0.39 is 27.6 Å². The smallest absolute Gasteiger partial charge is 0.330 e. The van der Waals surface area contributed by atoms with Crippen LogP contribution in [0.25, 0.3) is 0 Å². The van der Waals surface area contributed by atoms with Gasteiger partial charge in [0, 0.05) is 77.1 Å². The van der Waals surface area contributed by atoms with Gasteiger partial charge in [0.05, 0.1) is 13.2 Å². The minimum atomic E-state index is -0.905. The Bertz CT molecular complexity index is 735. The van der Waals surface area contributed by atoms with Gasteiger partial charge in [-0.1, -0.05) is 26.5 Å². The fourth-order valence-corrected chi connectivity index (χ4v) is 7.44. The van der Waals surface area contributed by atoms with Crippen LogP contribution in [0.1, 0.15) is 64.7 Å². The zero-order chi connectivity index (χ0) is 41.6. The quantitative estimate of drug-likeness (QED) is 0.0261.